The molecular formula is C21H21N5O2S2. The van der Waals surface area contributed by atoms with Crippen molar-refractivity contribution < 1.29 is 9.47 Å². The highest BCUT2D eigenvalue weighted by Gasteiger charge is 2.21. The molecule has 3 heterocycles. The van der Waals surface area contributed by atoms with Crippen LogP contribution in [-0.2, 0) is 0 Å². The van der Waals surface area contributed by atoms with Gasteiger partial charge in [-0.25, -0.2) is 0 Å². The molecule has 0 spiro atoms. The van der Waals surface area contributed by atoms with Gasteiger partial charge >= 0.3 is 6.01 Å². The maximum absolute atomic E-state index is 5.67. The van der Waals surface area contributed by atoms with Gasteiger partial charge in [-0.2, -0.15) is 15.0 Å². The number of thiophene rings is 2. The van der Waals surface area contributed by atoms with E-state index in [-0.39, 0.29) is 6.01 Å². The number of nitrogens with zero attached hydrogens (tertiary/aromatic N) is 5. The maximum Gasteiger partial charge on any atom is 0.323 e. The van der Waals surface area contributed by atoms with E-state index in [0.29, 0.717) is 18.5 Å². The van der Waals surface area contributed by atoms with Crippen molar-refractivity contribution in [3.05, 3.63) is 59.3 Å². The predicted molar refractivity (Wildman–Crippen MR) is 122 cm³/mol. The number of benzene rings is 1. The largest absolute Gasteiger partial charge is 0.497 e. The zero-order valence-corrected chi connectivity index (χ0v) is 18.5. The van der Waals surface area contributed by atoms with E-state index in [0.717, 1.165) is 21.4 Å². The smallest absolute Gasteiger partial charge is 0.323 e. The lowest BCUT2D eigenvalue weighted by Gasteiger charge is -2.22. The van der Waals surface area contributed by atoms with Gasteiger partial charge in [0.05, 0.1) is 13.7 Å². The molecule has 0 radical (unpaired) electrons. The number of hydrogen-bond acceptors (Lipinski definition) is 9. The lowest BCUT2D eigenvalue weighted by atomic mass is 10.3. The average molecular weight is 440 g/mol. The fourth-order valence-electron chi connectivity index (χ4n) is 2.80. The Hall–Kier alpha value is -3.17. The van der Waals surface area contributed by atoms with Crippen molar-refractivity contribution in [2.45, 2.75) is 6.92 Å². The molecule has 1 aromatic carbocycles. The van der Waals surface area contributed by atoms with Crippen LogP contribution in [0.25, 0.3) is 0 Å². The van der Waals surface area contributed by atoms with Crippen LogP contribution in [0.2, 0.25) is 0 Å². The van der Waals surface area contributed by atoms with Gasteiger partial charge in [-0.1, -0.05) is 0 Å². The first-order chi connectivity index (χ1) is 14.7. The van der Waals surface area contributed by atoms with Crippen LogP contribution in [0.5, 0.6) is 11.8 Å². The Morgan fingerprint density at radius 1 is 0.867 bits per heavy atom. The van der Waals surface area contributed by atoms with E-state index in [1.807, 2.05) is 83.1 Å². The molecule has 0 amide bonds. The number of methoxy groups -OCH3 is 1. The fraction of sp³-hybridized carbons (Fsp3) is 0.190. The molecule has 0 aliphatic carbocycles. The van der Waals surface area contributed by atoms with Crippen molar-refractivity contribution in [3.8, 4) is 11.8 Å². The Bertz CT molecular complexity index is 1040. The summed E-state index contributed by atoms with van der Waals surface area (Å²) in [5.41, 5.74) is 0.925. The standard InChI is InChI=1S/C21H21N5O2S2/c1-4-28-21-23-19(25(2)15-9-11-16(27-3)12-10-15)22-20(24-21)26(17-7-5-13-29-17)18-8-6-14-30-18/h5-14H,4H2,1-3H3. The summed E-state index contributed by atoms with van der Waals surface area (Å²) in [5.74, 6) is 1.79. The molecule has 4 rings (SSSR count). The Balaban J connectivity index is 1.78. The first kappa shape index (κ1) is 20.1. The van der Waals surface area contributed by atoms with E-state index in [1.165, 1.54) is 0 Å². The van der Waals surface area contributed by atoms with Crippen molar-refractivity contribution in [2.75, 3.05) is 30.6 Å². The first-order valence-electron chi connectivity index (χ1n) is 9.33. The summed E-state index contributed by atoms with van der Waals surface area (Å²) in [5, 5.41) is 6.10. The molecule has 30 heavy (non-hydrogen) atoms. The molecule has 154 valence electrons. The Morgan fingerprint density at radius 2 is 1.50 bits per heavy atom. The fourth-order valence-corrected chi connectivity index (χ4v) is 4.34. The molecule has 0 aliphatic heterocycles. The van der Waals surface area contributed by atoms with Crippen LogP contribution in [0, 0.1) is 0 Å². The predicted octanol–water partition coefficient (Wildman–Crippen LogP) is 5.64. The van der Waals surface area contributed by atoms with Crippen LogP contribution in [-0.4, -0.2) is 35.7 Å². The summed E-state index contributed by atoms with van der Waals surface area (Å²) >= 11 is 3.24. The van der Waals surface area contributed by atoms with Crippen LogP contribution >= 0.6 is 22.7 Å². The molecule has 0 fully saturated rings. The molecule has 0 aliphatic rings. The number of anilines is 5. The third-order valence-electron chi connectivity index (χ3n) is 4.28. The molecule has 4 aromatic rings. The number of aromatic nitrogens is 3. The van der Waals surface area contributed by atoms with E-state index in [9.17, 15) is 0 Å². The minimum atomic E-state index is 0.288. The zero-order valence-electron chi connectivity index (χ0n) is 16.8. The van der Waals surface area contributed by atoms with Gasteiger partial charge in [0.25, 0.3) is 0 Å². The van der Waals surface area contributed by atoms with Crippen molar-refractivity contribution in [2.24, 2.45) is 0 Å². The normalized spacial score (nSPS) is 10.6. The first-order valence-corrected chi connectivity index (χ1v) is 11.1. The monoisotopic (exact) mass is 439 g/mol. The second-order valence-electron chi connectivity index (χ2n) is 6.15. The van der Waals surface area contributed by atoms with E-state index < -0.39 is 0 Å². The Kier molecular flexibility index (Phi) is 6.10. The van der Waals surface area contributed by atoms with Gasteiger partial charge in [0, 0.05) is 12.7 Å². The number of rotatable bonds is 8. The quantitative estimate of drug-likeness (QED) is 0.352. The molecule has 0 unspecified atom stereocenters. The minimum absolute atomic E-state index is 0.288. The van der Waals surface area contributed by atoms with Crippen molar-refractivity contribution >= 4 is 50.3 Å². The topological polar surface area (TPSA) is 63.6 Å². The highest BCUT2D eigenvalue weighted by Crippen LogP contribution is 2.39. The van der Waals surface area contributed by atoms with Crippen LogP contribution in [0.15, 0.2) is 59.3 Å². The maximum atomic E-state index is 5.67. The van der Waals surface area contributed by atoms with E-state index >= 15 is 0 Å². The van der Waals surface area contributed by atoms with Crippen LogP contribution in [0.4, 0.5) is 27.6 Å². The van der Waals surface area contributed by atoms with E-state index in [4.69, 9.17) is 14.5 Å². The summed E-state index contributed by atoms with van der Waals surface area (Å²) in [6.45, 7) is 2.37. The van der Waals surface area contributed by atoms with Gasteiger partial charge in [0.1, 0.15) is 15.8 Å². The molecule has 0 N–H and O–H groups in total. The molecule has 0 saturated heterocycles. The van der Waals surface area contributed by atoms with Gasteiger partial charge in [-0.15, -0.1) is 22.7 Å². The summed E-state index contributed by atoms with van der Waals surface area (Å²) in [7, 11) is 3.56. The molecule has 7 nitrogen and oxygen atoms in total. The Morgan fingerprint density at radius 3 is 2.03 bits per heavy atom. The van der Waals surface area contributed by atoms with Gasteiger partial charge in [-0.3, -0.25) is 4.90 Å². The highest BCUT2D eigenvalue weighted by atomic mass is 32.1. The zero-order chi connectivity index (χ0) is 20.9. The summed E-state index contributed by atoms with van der Waals surface area (Å²) < 4.78 is 10.9. The van der Waals surface area contributed by atoms with Crippen molar-refractivity contribution in [3.63, 3.8) is 0 Å². The van der Waals surface area contributed by atoms with Gasteiger partial charge in [0.15, 0.2) is 0 Å². The van der Waals surface area contributed by atoms with Crippen LogP contribution in [0.3, 0.4) is 0 Å². The highest BCUT2D eigenvalue weighted by molar-refractivity contribution is 7.16. The van der Waals surface area contributed by atoms with Crippen LogP contribution in [0.1, 0.15) is 6.92 Å². The molecule has 3 aromatic heterocycles. The average Bonchev–Trinajstić information content (AvgIpc) is 3.49. The van der Waals surface area contributed by atoms with Crippen molar-refractivity contribution in [1.82, 2.24) is 15.0 Å². The molecule has 0 atom stereocenters. The third-order valence-corrected chi connectivity index (χ3v) is 5.98. The second-order valence-corrected chi connectivity index (χ2v) is 8.00. The van der Waals surface area contributed by atoms with Crippen molar-refractivity contribution in [1.29, 1.82) is 0 Å². The third kappa shape index (κ3) is 4.22. The SMILES string of the molecule is CCOc1nc(N(C)c2ccc(OC)cc2)nc(N(c2cccs2)c2cccs2)n1. The number of ether oxygens (including phenoxy) is 2. The van der Waals surface area contributed by atoms with E-state index in [2.05, 4.69) is 9.97 Å². The van der Waals surface area contributed by atoms with E-state index in [1.54, 1.807) is 29.8 Å². The molecule has 0 saturated carbocycles. The lowest BCUT2D eigenvalue weighted by Crippen LogP contribution is -2.18. The molecule has 9 heteroatoms. The van der Waals surface area contributed by atoms with Gasteiger partial charge in [-0.05, 0) is 66.2 Å². The minimum Gasteiger partial charge on any atom is -0.497 e. The summed E-state index contributed by atoms with van der Waals surface area (Å²) in [6.07, 6.45) is 0. The van der Waals surface area contributed by atoms with Crippen LogP contribution < -0.4 is 19.3 Å². The molecular weight excluding hydrogens is 418 g/mol. The molecule has 0 bridgehead atoms. The second kappa shape index (κ2) is 9.10. The van der Waals surface area contributed by atoms with Gasteiger partial charge < -0.3 is 14.4 Å². The summed E-state index contributed by atoms with van der Waals surface area (Å²) in [6, 6.07) is 16.1. The summed E-state index contributed by atoms with van der Waals surface area (Å²) in [4.78, 5) is 17.8. The number of hydrogen-bond donors (Lipinski definition) is 0. The Labute approximate surface area is 183 Å². The lowest BCUT2D eigenvalue weighted by molar-refractivity contribution is 0.312. The van der Waals surface area contributed by atoms with Gasteiger partial charge in [0.2, 0.25) is 11.9 Å².